The summed E-state index contributed by atoms with van der Waals surface area (Å²) >= 11 is 0. The van der Waals surface area contributed by atoms with Crippen molar-refractivity contribution >= 4 is 15.7 Å². The van der Waals surface area contributed by atoms with Crippen LogP contribution < -0.4 is 10.0 Å². The number of nitrogens with zero attached hydrogens (tertiary/aromatic N) is 3. The van der Waals surface area contributed by atoms with Crippen LogP contribution in [0.25, 0.3) is 0 Å². The lowest BCUT2D eigenvalue weighted by Gasteiger charge is -2.26. The SMILES string of the molecule is COCCn1cc(NS(=O)(=O)CCN2CCNCC2)cn1. The van der Waals surface area contributed by atoms with Crippen LogP contribution in [0.3, 0.4) is 0 Å². The molecule has 1 aromatic rings. The second kappa shape index (κ2) is 7.74. The maximum Gasteiger partial charge on any atom is 0.234 e. The molecule has 0 radical (unpaired) electrons. The van der Waals surface area contributed by atoms with Crippen LogP contribution in [0.15, 0.2) is 12.4 Å². The lowest BCUT2D eigenvalue weighted by Crippen LogP contribution is -2.45. The molecule has 2 rings (SSSR count). The molecular formula is C12H23N5O3S. The number of methoxy groups -OCH3 is 1. The minimum absolute atomic E-state index is 0.0935. The Hall–Kier alpha value is -1.16. The second-order valence-electron chi connectivity index (χ2n) is 5.00. The molecule has 1 aliphatic heterocycles. The zero-order valence-corrected chi connectivity index (χ0v) is 13.1. The van der Waals surface area contributed by atoms with Crippen molar-refractivity contribution < 1.29 is 13.2 Å². The van der Waals surface area contributed by atoms with Gasteiger partial charge in [0, 0.05) is 46.0 Å². The maximum absolute atomic E-state index is 12.1. The third-order valence-electron chi connectivity index (χ3n) is 3.32. The number of nitrogens with one attached hydrogen (secondary N) is 2. The standard InChI is InChI=1S/C12H23N5O3S/c1-20-8-6-17-11-12(10-14-17)15-21(18,19)9-7-16-4-2-13-3-5-16/h10-11,13,15H,2-9H2,1H3. The summed E-state index contributed by atoms with van der Waals surface area (Å²) in [6.07, 6.45) is 3.18. The van der Waals surface area contributed by atoms with Crippen LogP contribution in [0.2, 0.25) is 0 Å². The average molecular weight is 317 g/mol. The number of aromatic nitrogens is 2. The van der Waals surface area contributed by atoms with Crippen molar-refractivity contribution in [2.24, 2.45) is 0 Å². The van der Waals surface area contributed by atoms with Crippen molar-refractivity contribution in [3.63, 3.8) is 0 Å². The number of hydrogen-bond acceptors (Lipinski definition) is 6. The van der Waals surface area contributed by atoms with Gasteiger partial charge in [0.2, 0.25) is 10.0 Å². The van der Waals surface area contributed by atoms with E-state index in [0.29, 0.717) is 25.4 Å². The minimum atomic E-state index is -3.34. The number of hydrogen-bond donors (Lipinski definition) is 2. The molecule has 0 amide bonds. The third kappa shape index (κ3) is 5.62. The highest BCUT2D eigenvalue weighted by Gasteiger charge is 2.16. The van der Waals surface area contributed by atoms with Gasteiger partial charge in [-0.25, -0.2) is 8.42 Å². The number of sulfonamides is 1. The summed E-state index contributed by atoms with van der Waals surface area (Å²) in [5, 5.41) is 7.32. The lowest BCUT2D eigenvalue weighted by atomic mass is 10.4. The van der Waals surface area contributed by atoms with Crippen LogP contribution in [0, 0.1) is 0 Å². The second-order valence-corrected chi connectivity index (χ2v) is 6.84. The maximum atomic E-state index is 12.1. The van der Waals surface area contributed by atoms with E-state index in [-0.39, 0.29) is 5.75 Å². The summed E-state index contributed by atoms with van der Waals surface area (Å²) in [7, 11) is -1.72. The van der Waals surface area contributed by atoms with Crippen LogP contribution in [0.1, 0.15) is 0 Å². The van der Waals surface area contributed by atoms with Crippen LogP contribution >= 0.6 is 0 Å². The highest BCUT2D eigenvalue weighted by atomic mass is 32.2. The molecule has 1 fully saturated rings. The summed E-state index contributed by atoms with van der Waals surface area (Å²) < 4.78 is 33.3. The van der Waals surface area contributed by atoms with Gasteiger partial charge in [0.05, 0.1) is 30.8 Å². The van der Waals surface area contributed by atoms with Crippen molar-refractivity contribution in [3.05, 3.63) is 12.4 Å². The summed E-state index contributed by atoms with van der Waals surface area (Å²) in [5.41, 5.74) is 0.492. The largest absolute Gasteiger partial charge is 0.383 e. The monoisotopic (exact) mass is 317 g/mol. The zero-order chi connectivity index (χ0) is 15.1. The van der Waals surface area contributed by atoms with E-state index in [1.165, 1.54) is 6.20 Å². The van der Waals surface area contributed by atoms with Crippen molar-refractivity contribution in [1.82, 2.24) is 20.0 Å². The van der Waals surface area contributed by atoms with Crippen LogP contribution in [-0.2, 0) is 21.3 Å². The molecule has 0 aliphatic carbocycles. The summed E-state index contributed by atoms with van der Waals surface area (Å²) in [6.45, 7) is 5.30. The van der Waals surface area contributed by atoms with Gasteiger partial charge in [-0.3, -0.25) is 14.3 Å². The fourth-order valence-corrected chi connectivity index (χ4v) is 3.20. The Kier molecular flexibility index (Phi) is 5.97. The summed E-state index contributed by atoms with van der Waals surface area (Å²) in [4.78, 5) is 2.15. The predicted molar refractivity (Wildman–Crippen MR) is 80.8 cm³/mol. The van der Waals surface area contributed by atoms with Crippen molar-refractivity contribution in [2.75, 3.05) is 56.9 Å². The normalized spacial score (nSPS) is 17.0. The molecule has 21 heavy (non-hydrogen) atoms. The number of piperazine rings is 1. The predicted octanol–water partition coefficient (Wildman–Crippen LogP) is -0.824. The van der Waals surface area contributed by atoms with Crippen LogP contribution in [0.5, 0.6) is 0 Å². The molecule has 0 unspecified atom stereocenters. The molecule has 0 saturated carbocycles. The minimum Gasteiger partial charge on any atom is -0.383 e. The van der Waals surface area contributed by atoms with Crippen LogP contribution in [0.4, 0.5) is 5.69 Å². The first-order valence-electron chi connectivity index (χ1n) is 7.04. The highest BCUT2D eigenvalue weighted by molar-refractivity contribution is 7.92. The highest BCUT2D eigenvalue weighted by Crippen LogP contribution is 2.08. The Morgan fingerprint density at radius 3 is 2.86 bits per heavy atom. The molecule has 9 heteroatoms. The van der Waals surface area contributed by atoms with E-state index in [4.69, 9.17) is 4.74 Å². The van der Waals surface area contributed by atoms with E-state index >= 15 is 0 Å². The first-order chi connectivity index (χ1) is 10.1. The van der Waals surface area contributed by atoms with Gasteiger partial charge in [-0.1, -0.05) is 0 Å². The van der Waals surface area contributed by atoms with Gasteiger partial charge in [-0.05, 0) is 0 Å². The lowest BCUT2D eigenvalue weighted by molar-refractivity contribution is 0.183. The molecule has 0 atom stereocenters. The van der Waals surface area contributed by atoms with E-state index in [9.17, 15) is 8.42 Å². The summed E-state index contributed by atoms with van der Waals surface area (Å²) in [6, 6.07) is 0. The average Bonchev–Trinajstić information content (AvgIpc) is 2.91. The first kappa shape index (κ1) is 16.2. The Balaban J connectivity index is 1.80. The van der Waals surface area contributed by atoms with Gasteiger partial charge >= 0.3 is 0 Å². The van der Waals surface area contributed by atoms with Crippen molar-refractivity contribution in [1.29, 1.82) is 0 Å². The Morgan fingerprint density at radius 1 is 1.38 bits per heavy atom. The van der Waals surface area contributed by atoms with Gasteiger partial charge in [0.1, 0.15) is 0 Å². The molecule has 0 bridgehead atoms. The molecule has 120 valence electrons. The number of ether oxygens (including phenoxy) is 1. The Labute approximate surface area is 125 Å². The molecule has 0 aromatic carbocycles. The van der Waals surface area contributed by atoms with Gasteiger partial charge < -0.3 is 10.1 Å². The summed E-state index contributed by atoms with van der Waals surface area (Å²) in [5.74, 6) is 0.0935. The molecule has 2 N–H and O–H groups in total. The number of rotatable bonds is 8. The van der Waals surface area contributed by atoms with Gasteiger partial charge in [0.25, 0.3) is 0 Å². The van der Waals surface area contributed by atoms with E-state index in [0.717, 1.165) is 26.2 Å². The van der Waals surface area contributed by atoms with E-state index in [1.807, 2.05) is 0 Å². The van der Waals surface area contributed by atoms with Crippen LogP contribution in [-0.4, -0.2) is 75.3 Å². The smallest absolute Gasteiger partial charge is 0.234 e. The topological polar surface area (TPSA) is 88.5 Å². The van der Waals surface area contributed by atoms with E-state index < -0.39 is 10.0 Å². The van der Waals surface area contributed by atoms with Gasteiger partial charge in [-0.15, -0.1) is 0 Å². The van der Waals surface area contributed by atoms with Gasteiger partial charge in [-0.2, -0.15) is 5.10 Å². The quantitative estimate of drug-likeness (QED) is 0.651. The molecule has 1 aliphatic rings. The fraction of sp³-hybridized carbons (Fsp3) is 0.750. The van der Waals surface area contributed by atoms with Gasteiger partial charge in [0.15, 0.2) is 0 Å². The molecular weight excluding hydrogens is 294 g/mol. The Bertz CT molecular complexity index is 525. The van der Waals surface area contributed by atoms with Crippen molar-refractivity contribution in [2.45, 2.75) is 6.54 Å². The van der Waals surface area contributed by atoms with Crippen molar-refractivity contribution in [3.8, 4) is 0 Å². The van der Waals surface area contributed by atoms with E-state index in [1.54, 1.807) is 18.0 Å². The molecule has 1 saturated heterocycles. The number of anilines is 1. The molecule has 0 spiro atoms. The molecule has 1 aromatic heterocycles. The molecule has 8 nitrogen and oxygen atoms in total. The third-order valence-corrected chi connectivity index (χ3v) is 4.58. The Morgan fingerprint density at radius 2 is 2.14 bits per heavy atom. The zero-order valence-electron chi connectivity index (χ0n) is 12.3. The van der Waals surface area contributed by atoms with E-state index in [2.05, 4.69) is 20.0 Å². The first-order valence-corrected chi connectivity index (χ1v) is 8.69. The molecule has 2 heterocycles. The fourth-order valence-electron chi connectivity index (χ4n) is 2.14.